The van der Waals surface area contributed by atoms with Crippen molar-refractivity contribution in [3.63, 3.8) is 0 Å². The summed E-state index contributed by atoms with van der Waals surface area (Å²) < 4.78 is 16.2. The van der Waals surface area contributed by atoms with Crippen molar-refractivity contribution in [3.05, 3.63) is 71.8 Å². The lowest BCUT2D eigenvalue weighted by Crippen LogP contribution is -2.43. The van der Waals surface area contributed by atoms with Crippen molar-refractivity contribution in [2.75, 3.05) is 14.2 Å². The van der Waals surface area contributed by atoms with Gasteiger partial charge in [0.05, 0.1) is 32.8 Å². The Morgan fingerprint density at radius 3 is 2.10 bits per heavy atom. The van der Waals surface area contributed by atoms with Crippen LogP contribution in [0, 0.1) is 11.8 Å². The first-order chi connectivity index (χ1) is 14.1. The van der Waals surface area contributed by atoms with Crippen LogP contribution < -0.4 is 5.32 Å². The van der Waals surface area contributed by atoms with Crippen LogP contribution in [0.2, 0.25) is 0 Å². The first kappa shape index (κ1) is 21.0. The zero-order chi connectivity index (χ0) is 20.8. The molecule has 2 aromatic carbocycles. The molecule has 0 radical (unpaired) electrons. The Bertz CT molecular complexity index is 811. The quantitative estimate of drug-likeness (QED) is 0.725. The van der Waals surface area contributed by atoms with Crippen LogP contribution in [0.25, 0.3) is 0 Å². The molecule has 1 heterocycles. The minimum absolute atomic E-state index is 0.375. The van der Waals surface area contributed by atoms with E-state index < -0.39 is 23.8 Å². The van der Waals surface area contributed by atoms with Gasteiger partial charge >= 0.3 is 11.9 Å². The number of hydrogen-bond acceptors (Lipinski definition) is 6. The molecular weight excluding hydrogens is 370 g/mol. The topological polar surface area (TPSA) is 73.9 Å². The Morgan fingerprint density at radius 2 is 1.52 bits per heavy atom. The van der Waals surface area contributed by atoms with Crippen LogP contribution in [-0.2, 0) is 30.4 Å². The molecule has 0 spiro atoms. The highest BCUT2D eigenvalue weighted by molar-refractivity contribution is 5.81. The molecule has 0 aromatic heterocycles. The van der Waals surface area contributed by atoms with Gasteiger partial charge in [0, 0.05) is 12.0 Å². The highest BCUT2D eigenvalue weighted by Gasteiger charge is 2.53. The number of benzene rings is 2. The van der Waals surface area contributed by atoms with Crippen molar-refractivity contribution in [1.29, 1.82) is 0 Å². The van der Waals surface area contributed by atoms with Gasteiger partial charge in [0.1, 0.15) is 6.04 Å². The zero-order valence-electron chi connectivity index (χ0n) is 16.9. The van der Waals surface area contributed by atoms with Crippen molar-refractivity contribution < 1.29 is 23.8 Å². The minimum atomic E-state index is -0.680. The first-order valence-corrected chi connectivity index (χ1v) is 9.69. The molecule has 1 aliphatic rings. The van der Waals surface area contributed by atoms with Gasteiger partial charge in [0.15, 0.2) is 0 Å². The minimum Gasteiger partial charge on any atom is -0.469 e. The van der Waals surface area contributed by atoms with Crippen molar-refractivity contribution in [1.82, 2.24) is 5.32 Å². The summed E-state index contributed by atoms with van der Waals surface area (Å²) in [6, 6.07) is 18.3. The molecule has 0 bridgehead atoms. The van der Waals surface area contributed by atoms with E-state index in [2.05, 4.69) is 5.32 Å². The summed E-state index contributed by atoms with van der Waals surface area (Å²) in [5.74, 6) is -1.82. The predicted molar refractivity (Wildman–Crippen MR) is 108 cm³/mol. The number of carbonyl (C=O) groups excluding carboxylic acids is 2. The van der Waals surface area contributed by atoms with Crippen LogP contribution in [0.4, 0.5) is 0 Å². The lowest BCUT2D eigenvalue weighted by molar-refractivity contribution is -0.152. The Labute approximate surface area is 171 Å². The van der Waals surface area contributed by atoms with E-state index in [1.165, 1.54) is 14.2 Å². The second-order valence-corrected chi connectivity index (χ2v) is 7.18. The molecule has 0 unspecified atom stereocenters. The van der Waals surface area contributed by atoms with Gasteiger partial charge in [-0.1, -0.05) is 60.7 Å². The first-order valence-electron chi connectivity index (χ1n) is 9.69. The van der Waals surface area contributed by atoms with E-state index in [0.717, 1.165) is 11.1 Å². The normalized spacial score (nSPS) is 24.7. The van der Waals surface area contributed by atoms with Gasteiger partial charge in [-0.25, -0.2) is 0 Å². The summed E-state index contributed by atoms with van der Waals surface area (Å²) >= 11 is 0. The van der Waals surface area contributed by atoms with E-state index >= 15 is 0 Å². The Hall–Kier alpha value is -2.70. The Morgan fingerprint density at radius 1 is 0.931 bits per heavy atom. The molecule has 6 nitrogen and oxygen atoms in total. The summed E-state index contributed by atoms with van der Waals surface area (Å²) in [7, 11) is 2.71. The molecule has 1 N–H and O–H groups in total. The largest absolute Gasteiger partial charge is 0.469 e. The SMILES string of the molecule is COC(=O)[C@@H]1[C@@H]([C@H](C)OCc2ccccc2)[C@H](C(=O)OC)N[C@@H]1c1ccccc1. The molecule has 1 aliphatic heterocycles. The van der Waals surface area contributed by atoms with Gasteiger partial charge in [-0.15, -0.1) is 0 Å². The molecule has 29 heavy (non-hydrogen) atoms. The molecule has 2 aromatic rings. The van der Waals surface area contributed by atoms with Crippen molar-refractivity contribution in [2.45, 2.75) is 31.7 Å². The molecule has 5 atom stereocenters. The fraction of sp³-hybridized carbons (Fsp3) is 0.391. The molecule has 3 rings (SSSR count). The molecular formula is C23H27NO5. The van der Waals surface area contributed by atoms with Gasteiger partial charge in [-0.05, 0) is 18.1 Å². The standard InChI is InChI=1S/C23H27NO5/c1-15(29-14-16-10-6-4-7-11-16)18-19(22(25)27-2)20(17-12-8-5-9-13-17)24-21(18)23(26)28-3/h4-13,15,18-21,24H,14H2,1-3H3/t15-,18+,19+,20+,21+/m0/s1. The van der Waals surface area contributed by atoms with Crippen LogP contribution in [0.1, 0.15) is 24.1 Å². The maximum Gasteiger partial charge on any atom is 0.323 e. The third-order valence-corrected chi connectivity index (χ3v) is 5.50. The molecule has 0 saturated carbocycles. The van der Waals surface area contributed by atoms with Gasteiger partial charge in [-0.3, -0.25) is 14.9 Å². The summed E-state index contributed by atoms with van der Waals surface area (Å²) in [6.07, 6.45) is -0.385. The summed E-state index contributed by atoms with van der Waals surface area (Å²) in [4.78, 5) is 25.3. The van der Waals surface area contributed by atoms with Crippen LogP contribution in [0.3, 0.4) is 0 Å². The van der Waals surface area contributed by atoms with Crippen LogP contribution in [0.5, 0.6) is 0 Å². The van der Waals surface area contributed by atoms with Crippen molar-refractivity contribution in [2.24, 2.45) is 11.8 Å². The number of nitrogens with one attached hydrogen (secondary N) is 1. The highest BCUT2D eigenvalue weighted by atomic mass is 16.5. The molecule has 1 saturated heterocycles. The van der Waals surface area contributed by atoms with E-state index in [4.69, 9.17) is 14.2 Å². The molecule has 1 fully saturated rings. The molecule has 0 amide bonds. The Kier molecular flexibility index (Phi) is 7.01. The molecule has 6 heteroatoms. The average molecular weight is 397 g/mol. The van der Waals surface area contributed by atoms with Gasteiger partial charge in [0.2, 0.25) is 0 Å². The van der Waals surface area contributed by atoms with Gasteiger partial charge in [-0.2, -0.15) is 0 Å². The number of ether oxygens (including phenoxy) is 3. The van der Waals surface area contributed by atoms with Gasteiger partial charge < -0.3 is 14.2 Å². The molecule has 154 valence electrons. The summed E-state index contributed by atoms with van der Waals surface area (Å²) in [6.45, 7) is 2.27. The zero-order valence-corrected chi connectivity index (χ0v) is 16.9. The number of rotatable bonds is 7. The van der Waals surface area contributed by atoms with Crippen LogP contribution in [0.15, 0.2) is 60.7 Å². The number of methoxy groups -OCH3 is 2. The van der Waals surface area contributed by atoms with Crippen molar-refractivity contribution in [3.8, 4) is 0 Å². The maximum absolute atomic E-state index is 12.8. The lowest BCUT2D eigenvalue weighted by atomic mass is 9.81. The van der Waals surface area contributed by atoms with E-state index in [1.807, 2.05) is 67.6 Å². The van der Waals surface area contributed by atoms with Gasteiger partial charge in [0.25, 0.3) is 0 Å². The number of esters is 2. The third kappa shape index (κ3) is 4.66. The lowest BCUT2D eigenvalue weighted by Gasteiger charge is -2.28. The van der Waals surface area contributed by atoms with E-state index in [0.29, 0.717) is 6.61 Å². The van der Waals surface area contributed by atoms with Crippen molar-refractivity contribution >= 4 is 11.9 Å². The monoisotopic (exact) mass is 397 g/mol. The summed E-state index contributed by atoms with van der Waals surface area (Å²) in [5, 5.41) is 3.30. The highest BCUT2D eigenvalue weighted by Crippen LogP contribution is 2.41. The predicted octanol–water partition coefficient (Wildman–Crippen LogP) is 2.88. The number of carbonyl (C=O) groups is 2. The van der Waals surface area contributed by atoms with Crippen LogP contribution in [-0.4, -0.2) is 38.3 Å². The van der Waals surface area contributed by atoms with E-state index in [-0.39, 0.29) is 18.1 Å². The fourth-order valence-corrected chi connectivity index (χ4v) is 4.06. The smallest absolute Gasteiger partial charge is 0.323 e. The average Bonchev–Trinajstić information content (AvgIpc) is 3.18. The molecule has 0 aliphatic carbocycles. The summed E-state index contributed by atoms with van der Waals surface area (Å²) in [5.41, 5.74) is 1.93. The Balaban J connectivity index is 1.89. The second kappa shape index (κ2) is 9.67. The number of hydrogen-bond donors (Lipinski definition) is 1. The van der Waals surface area contributed by atoms with E-state index in [1.54, 1.807) is 0 Å². The van der Waals surface area contributed by atoms with E-state index in [9.17, 15) is 9.59 Å². The van der Waals surface area contributed by atoms with Crippen LogP contribution >= 0.6 is 0 Å². The third-order valence-electron chi connectivity index (χ3n) is 5.50. The fourth-order valence-electron chi connectivity index (χ4n) is 4.06. The maximum atomic E-state index is 12.8. The second-order valence-electron chi connectivity index (χ2n) is 7.18.